The summed E-state index contributed by atoms with van der Waals surface area (Å²) >= 11 is 0. The molecule has 1 unspecified atom stereocenters. The Labute approximate surface area is 294 Å². The van der Waals surface area contributed by atoms with E-state index in [1.807, 2.05) is 80.6 Å². The monoisotopic (exact) mass is 674 g/mol. The molecule has 1 aliphatic rings. The highest BCUT2D eigenvalue weighted by Gasteiger charge is 2.25. The van der Waals surface area contributed by atoms with Crippen molar-refractivity contribution in [2.24, 2.45) is 5.92 Å². The topological polar surface area (TPSA) is 133 Å². The van der Waals surface area contributed by atoms with Gasteiger partial charge >= 0.3 is 0 Å². The van der Waals surface area contributed by atoms with Crippen LogP contribution in [0.5, 0.6) is 0 Å². The van der Waals surface area contributed by atoms with Crippen LogP contribution in [0.4, 0.5) is 5.69 Å². The normalized spacial score (nSPS) is 14.1. The second-order valence-electron chi connectivity index (χ2n) is 13.0. The number of aromatic nitrogens is 1. The first kappa shape index (κ1) is 35.9. The molecule has 1 aromatic heterocycles. The molecule has 0 saturated heterocycles. The molecule has 5 rings (SSSR count). The lowest BCUT2D eigenvalue weighted by molar-refractivity contribution is -0.122. The molecule has 3 aromatic carbocycles. The lowest BCUT2D eigenvalue weighted by Gasteiger charge is -2.25. The number of pyridine rings is 1. The van der Waals surface area contributed by atoms with E-state index in [1.54, 1.807) is 41.6 Å². The standard InChI is InChI=1S/C40H46N6O4/c1-27(33-15-10-18-41-24-33)44-39(49)34-20-35(22-37(21-34)46(29(3)47)26-32-13-8-5-9-14-32)40(50)45-36(19-30-11-6-4-7-12-30)25-42-28(2)38(48)43-23-31-16-17-31/h4-15,18,20-22,24,27-28,31,36,42H,16-17,19,23,25-26H2,1-3H3,(H,43,48)(H,44,49)(H,45,50)/t27?,28-,36-/m0/s1. The number of nitrogens with zero attached hydrogens (tertiary/aromatic N) is 2. The average Bonchev–Trinajstić information content (AvgIpc) is 3.97. The van der Waals surface area contributed by atoms with Gasteiger partial charge < -0.3 is 26.2 Å². The minimum atomic E-state index is -0.452. The summed E-state index contributed by atoms with van der Waals surface area (Å²) < 4.78 is 0. The molecule has 1 fully saturated rings. The highest BCUT2D eigenvalue weighted by Crippen LogP contribution is 2.27. The van der Waals surface area contributed by atoms with Crippen molar-refractivity contribution in [3.05, 3.63) is 131 Å². The first-order valence-electron chi connectivity index (χ1n) is 17.2. The van der Waals surface area contributed by atoms with Gasteiger partial charge in [-0.15, -0.1) is 0 Å². The summed E-state index contributed by atoms with van der Waals surface area (Å²) in [7, 11) is 0. The summed E-state index contributed by atoms with van der Waals surface area (Å²) in [6.45, 7) is 6.41. The summed E-state index contributed by atoms with van der Waals surface area (Å²) in [6.07, 6.45) is 6.17. The van der Waals surface area contributed by atoms with Crippen molar-refractivity contribution < 1.29 is 19.2 Å². The minimum absolute atomic E-state index is 0.0757. The number of nitrogens with one attached hydrogen (secondary N) is 4. The zero-order valence-electron chi connectivity index (χ0n) is 28.9. The van der Waals surface area contributed by atoms with Crippen molar-refractivity contribution >= 4 is 29.3 Å². The van der Waals surface area contributed by atoms with E-state index >= 15 is 0 Å². The van der Waals surface area contributed by atoms with Crippen molar-refractivity contribution in [3.63, 3.8) is 0 Å². The highest BCUT2D eigenvalue weighted by molar-refractivity contribution is 6.03. The van der Waals surface area contributed by atoms with E-state index in [0.29, 0.717) is 31.1 Å². The van der Waals surface area contributed by atoms with Gasteiger partial charge in [0.2, 0.25) is 11.8 Å². The van der Waals surface area contributed by atoms with Gasteiger partial charge in [-0.1, -0.05) is 66.7 Å². The van der Waals surface area contributed by atoms with Crippen LogP contribution in [0.15, 0.2) is 103 Å². The fourth-order valence-electron chi connectivity index (χ4n) is 5.65. The van der Waals surface area contributed by atoms with Crippen molar-refractivity contribution in [1.82, 2.24) is 26.3 Å². The number of hydrogen-bond donors (Lipinski definition) is 4. The molecule has 1 aliphatic carbocycles. The van der Waals surface area contributed by atoms with Crippen LogP contribution in [0.3, 0.4) is 0 Å². The molecular formula is C40H46N6O4. The predicted octanol–water partition coefficient (Wildman–Crippen LogP) is 4.97. The Morgan fingerprint density at radius 1 is 0.820 bits per heavy atom. The molecule has 0 spiro atoms. The molecule has 1 saturated carbocycles. The van der Waals surface area contributed by atoms with Crippen LogP contribution in [-0.4, -0.2) is 53.8 Å². The zero-order chi connectivity index (χ0) is 35.5. The Hall–Kier alpha value is -5.35. The quantitative estimate of drug-likeness (QED) is 0.133. The second kappa shape index (κ2) is 17.3. The molecule has 4 amide bonds. The molecule has 10 heteroatoms. The number of anilines is 1. The molecule has 0 radical (unpaired) electrons. The smallest absolute Gasteiger partial charge is 0.251 e. The number of benzene rings is 3. The Kier molecular flexibility index (Phi) is 12.5. The predicted molar refractivity (Wildman–Crippen MR) is 194 cm³/mol. The number of rotatable bonds is 16. The number of carbonyl (C=O) groups excluding carboxylic acids is 4. The van der Waals surface area contributed by atoms with Crippen LogP contribution >= 0.6 is 0 Å². The fourth-order valence-corrected chi connectivity index (χ4v) is 5.65. The third-order valence-corrected chi connectivity index (χ3v) is 8.84. The first-order chi connectivity index (χ1) is 24.2. The molecule has 260 valence electrons. The van der Waals surface area contributed by atoms with Crippen LogP contribution in [0, 0.1) is 5.92 Å². The van der Waals surface area contributed by atoms with Gasteiger partial charge in [-0.3, -0.25) is 24.2 Å². The summed E-state index contributed by atoms with van der Waals surface area (Å²) in [5, 5.41) is 12.4. The average molecular weight is 675 g/mol. The van der Waals surface area contributed by atoms with Gasteiger partial charge in [0.1, 0.15) is 0 Å². The highest BCUT2D eigenvalue weighted by atomic mass is 16.2. The minimum Gasteiger partial charge on any atom is -0.354 e. The maximum Gasteiger partial charge on any atom is 0.251 e. The maximum atomic E-state index is 14.1. The number of carbonyl (C=O) groups is 4. The van der Waals surface area contributed by atoms with E-state index in [0.717, 1.165) is 29.5 Å². The molecule has 50 heavy (non-hydrogen) atoms. The summed E-state index contributed by atoms with van der Waals surface area (Å²) in [6, 6.07) is 26.7. The summed E-state index contributed by atoms with van der Waals surface area (Å²) in [4.78, 5) is 59.2. The van der Waals surface area contributed by atoms with E-state index in [-0.39, 0.29) is 41.6 Å². The van der Waals surface area contributed by atoms with Crippen LogP contribution in [0.25, 0.3) is 0 Å². The van der Waals surface area contributed by atoms with Crippen molar-refractivity contribution in [2.75, 3.05) is 18.0 Å². The first-order valence-corrected chi connectivity index (χ1v) is 17.2. The number of amides is 4. The van der Waals surface area contributed by atoms with Crippen molar-refractivity contribution in [1.29, 1.82) is 0 Å². The maximum absolute atomic E-state index is 14.1. The van der Waals surface area contributed by atoms with Crippen LogP contribution in [-0.2, 0) is 22.6 Å². The van der Waals surface area contributed by atoms with Gasteiger partial charge in [-0.05, 0) is 80.0 Å². The molecule has 4 aromatic rings. The van der Waals surface area contributed by atoms with E-state index in [9.17, 15) is 19.2 Å². The molecule has 0 aliphatic heterocycles. The summed E-state index contributed by atoms with van der Waals surface area (Å²) in [5.74, 6) is -0.536. The SMILES string of the molecule is CC(=O)N(Cc1ccccc1)c1cc(C(=O)NC(C)c2cccnc2)cc(C(=O)N[C@H](CN[C@@H](C)C(=O)NCC2CC2)Cc2ccccc2)c1. The van der Waals surface area contributed by atoms with Gasteiger partial charge in [0, 0.05) is 55.3 Å². The van der Waals surface area contributed by atoms with E-state index in [2.05, 4.69) is 26.3 Å². The third-order valence-electron chi connectivity index (χ3n) is 8.84. The van der Waals surface area contributed by atoms with Crippen molar-refractivity contribution in [3.8, 4) is 0 Å². The second-order valence-corrected chi connectivity index (χ2v) is 13.0. The van der Waals surface area contributed by atoms with Crippen LogP contribution in [0.1, 0.15) is 77.1 Å². The Balaban J connectivity index is 1.40. The summed E-state index contributed by atoms with van der Waals surface area (Å²) in [5.41, 5.74) is 3.64. The van der Waals surface area contributed by atoms with E-state index < -0.39 is 17.9 Å². The van der Waals surface area contributed by atoms with Crippen LogP contribution < -0.4 is 26.2 Å². The molecule has 1 heterocycles. The van der Waals surface area contributed by atoms with E-state index in [4.69, 9.17) is 0 Å². The lowest BCUT2D eigenvalue weighted by Crippen LogP contribution is -2.49. The van der Waals surface area contributed by atoms with Crippen molar-refractivity contribution in [2.45, 2.75) is 64.7 Å². The fraction of sp³-hybridized carbons (Fsp3) is 0.325. The third kappa shape index (κ3) is 10.6. The molecule has 0 bridgehead atoms. The molecular weight excluding hydrogens is 628 g/mol. The van der Waals surface area contributed by atoms with Gasteiger partial charge in [-0.2, -0.15) is 0 Å². The molecule has 10 nitrogen and oxygen atoms in total. The Bertz CT molecular complexity index is 1750. The van der Waals surface area contributed by atoms with Crippen LogP contribution in [0.2, 0.25) is 0 Å². The van der Waals surface area contributed by atoms with E-state index in [1.165, 1.54) is 6.92 Å². The Morgan fingerprint density at radius 2 is 1.46 bits per heavy atom. The molecule has 3 atom stereocenters. The largest absolute Gasteiger partial charge is 0.354 e. The lowest BCUT2D eigenvalue weighted by atomic mass is 10.0. The Morgan fingerprint density at radius 3 is 2.06 bits per heavy atom. The van der Waals surface area contributed by atoms with Gasteiger partial charge in [0.15, 0.2) is 0 Å². The van der Waals surface area contributed by atoms with Gasteiger partial charge in [0.05, 0.1) is 18.6 Å². The van der Waals surface area contributed by atoms with Gasteiger partial charge in [0.25, 0.3) is 11.8 Å². The zero-order valence-corrected chi connectivity index (χ0v) is 28.9. The van der Waals surface area contributed by atoms with Gasteiger partial charge in [-0.25, -0.2) is 0 Å². The molecule has 4 N–H and O–H groups in total. The number of hydrogen-bond acceptors (Lipinski definition) is 6.